The van der Waals surface area contributed by atoms with Gasteiger partial charge in [-0.1, -0.05) is 340 Å². The van der Waals surface area contributed by atoms with Crippen molar-refractivity contribution in [2.45, 2.75) is 380 Å². The van der Waals surface area contributed by atoms with E-state index in [2.05, 4.69) is 57.2 Å². The van der Waals surface area contributed by atoms with Gasteiger partial charge in [-0.05, 0) is 51.4 Å². The molecule has 0 aliphatic carbocycles. The van der Waals surface area contributed by atoms with Gasteiger partial charge in [-0.25, -0.2) is 0 Å². The van der Waals surface area contributed by atoms with Crippen LogP contribution in [0.4, 0.5) is 0 Å². The summed E-state index contributed by atoms with van der Waals surface area (Å²) >= 11 is 0. The second-order valence-corrected chi connectivity index (χ2v) is 23.1. The summed E-state index contributed by atoms with van der Waals surface area (Å²) in [6, 6.07) is 0. The van der Waals surface area contributed by atoms with Crippen molar-refractivity contribution >= 4 is 17.9 Å². The number of hydrogen-bond donors (Lipinski definition) is 0. The third kappa shape index (κ3) is 62.5. The summed E-state index contributed by atoms with van der Waals surface area (Å²) < 4.78 is 17.0. The van der Waals surface area contributed by atoms with Crippen LogP contribution in [0.3, 0.4) is 0 Å². The van der Waals surface area contributed by atoms with E-state index in [1.165, 1.54) is 238 Å². The summed E-state index contributed by atoms with van der Waals surface area (Å²) in [5, 5.41) is 0. The van der Waals surface area contributed by atoms with Crippen LogP contribution in [0, 0.1) is 0 Å². The molecule has 0 aliphatic rings. The molecule has 0 aliphatic heterocycles. The Kier molecular flexibility index (Phi) is 63.1. The lowest BCUT2D eigenvalue weighted by molar-refractivity contribution is -0.167. The molecule has 0 saturated carbocycles. The molecule has 0 fully saturated rings. The summed E-state index contributed by atoms with van der Waals surface area (Å²) in [5.74, 6) is -0.861. The molecule has 0 rings (SSSR count). The monoisotopic (exact) mass is 1070 g/mol. The Labute approximate surface area is 474 Å². The topological polar surface area (TPSA) is 78.9 Å². The van der Waals surface area contributed by atoms with Gasteiger partial charge in [-0.2, -0.15) is 0 Å². The van der Waals surface area contributed by atoms with Crippen molar-refractivity contribution in [3.8, 4) is 0 Å². The number of carbonyl (C=O) groups excluding carboxylic acids is 3. The number of unbranched alkanes of at least 4 members (excludes halogenated alkanes) is 46. The molecule has 0 bridgehead atoms. The van der Waals surface area contributed by atoms with E-state index >= 15 is 0 Å². The number of ether oxygens (including phenoxy) is 3. The van der Waals surface area contributed by atoms with Gasteiger partial charge in [0.15, 0.2) is 6.10 Å². The van der Waals surface area contributed by atoms with Crippen LogP contribution in [0.25, 0.3) is 0 Å². The normalized spacial score (nSPS) is 12.2. The molecule has 446 valence electrons. The molecule has 6 heteroatoms. The van der Waals surface area contributed by atoms with Crippen LogP contribution in [-0.4, -0.2) is 37.2 Å². The molecule has 0 aromatic heterocycles. The Bertz CT molecular complexity index is 1270. The Morgan fingerprint density at radius 3 is 0.803 bits per heavy atom. The Hall–Kier alpha value is -2.37. The summed E-state index contributed by atoms with van der Waals surface area (Å²) in [6.45, 7) is 6.59. The van der Waals surface area contributed by atoms with E-state index in [0.717, 1.165) is 96.3 Å². The van der Waals surface area contributed by atoms with Crippen LogP contribution in [0.5, 0.6) is 0 Å². The lowest BCUT2D eigenvalue weighted by Crippen LogP contribution is -2.30. The van der Waals surface area contributed by atoms with Crippen LogP contribution >= 0.6 is 0 Å². The smallest absolute Gasteiger partial charge is 0.306 e. The summed E-state index contributed by atoms with van der Waals surface area (Å²) in [4.78, 5) is 38.4. The van der Waals surface area contributed by atoms with E-state index in [9.17, 15) is 14.4 Å². The third-order valence-electron chi connectivity index (χ3n) is 15.4. The number of esters is 3. The molecule has 6 nitrogen and oxygen atoms in total. The zero-order valence-electron chi connectivity index (χ0n) is 51.3. The fraction of sp³-hybridized carbons (Fsp3) is 0.871. The largest absolute Gasteiger partial charge is 0.462 e. The first-order valence-corrected chi connectivity index (χ1v) is 34.0. The van der Waals surface area contributed by atoms with Gasteiger partial charge in [0.05, 0.1) is 0 Å². The quantitative estimate of drug-likeness (QED) is 0.0261. The average Bonchev–Trinajstić information content (AvgIpc) is 3.42. The minimum atomic E-state index is -0.776. The highest BCUT2D eigenvalue weighted by molar-refractivity contribution is 5.71. The van der Waals surface area contributed by atoms with Crippen LogP contribution in [0.1, 0.15) is 374 Å². The highest BCUT2D eigenvalue weighted by atomic mass is 16.6. The van der Waals surface area contributed by atoms with Crippen LogP contribution in [-0.2, 0) is 28.6 Å². The molecule has 0 saturated heterocycles. The molecule has 76 heavy (non-hydrogen) atoms. The summed E-state index contributed by atoms with van der Waals surface area (Å²) in [7, 11) is 0. The Balaban J connectivity index is 4.25. The predicted octanol–water partition coefficient (Wildman–Crippen LogP) is 23.2. The molecule has 1 unspecified atom stereocenters. The maximum Gasteiger partial charge on any atom is 0.306 e. The van der Waals surface area contributed by atoms with Gasteiger partial charge in [0.25, 0.3) is 0 Å². The van der Waals surface area contributed by atoms with Gasteiger partial charge >= 0.3 is 17.9 Å². The molecule has 0 aromatic carbocycles. The average molecular weight is 1070 g/mol. The standard InChI is InChI=1S/C70H130O6/c1-4-7-10-13-16-19-22-25-28-30-32-33-34-35-36-37-38-40-42-45-48-51-54-57-60-63-69(72)75-66-67(65-74-68(71)62-59-56-53-50-47-44-41-27-24-21-18-15-12-9-6-3)76-70(73)64-61-58-55-52-49-46-43-39-31-29-26-23-20-17-14-11-8-5-2/h9,12,18,21,27,41,67H,4-8,10-11,13-17,19-20,22-26,28-40,42-66H2,1-3H3/b12-9-,21-18-,41-27-. The van der Waals surface area contributed by atoms with Gasteiger partial charge in [0, 0.05) is 19.3 Å². The van der Waals surface area contributed by atoms with E-state index in [4.69, 9.17) is 14.2 Å². The second-order valence-electron chi connectivity index (χ2n) is 23.1. The maximum absolute atomic E-state index is 12.9. The van der Waals surface area contributed by atoms with Gasteiger partial charge in [-0.3, -0.25) is 14.4 Å². The van der Waals surface area contributed by atoms with E-state index in [0.29, 0.717) is 19.3 Å². The number of carbonyl (C=O) groups is 3. The van der Waals surface area contributed by atoms with Crippen molar-refractivity contribution in [1.29, 1.82) is 0 Å². The summed E-state index contributed by atoms with van der Waals surface area (Å²) in [6.07, 6.45) is 80.3. The number of allylic oxidation sites excluding steroid dienone is 6. The van der Waals surface area contributed by atoms with E-state index in [1.54, 1.807) is 0 Å². The van der Waals surface area contributed by atoms with Crippen molar-refractivity contribution in [2.24, 2.45) is 0 Å². The SMILES string of the molecule is CC/C=C\C/C=C\C/C=C\CCCCCCCC(=O)OCC(COC(=O)CCCCCCCCCCCCCCCCCCCCCCCCCCC)OC(=O)CCCCCCCCCCCCCCCCCCCC. The zero-order valence-corrected chi connectivity index (χ0v) is 51.3. The van der Waals surface area contributed by atoms with Crippen molar-refractivity contribution in [1.82, 2.24) is 0 Å². The van der Waals surface area contributed by atoms with Crippen molar-refractivity contribution in [3.63, 3.8) is 0 Å². The molecule has 0 spiro atoms. The first-order chi connectivity index (χ1) is 37.5. The molecular weight excluding hydrogens is 937 g/mol. The minimum Gasteiger partial charge on any atom is -0.462 e. The third-order valence-corrected chi connectivity index (χ3v) is 15.4. The van der Waals surface area contributed by atoms with Gasteiger partial charge < -0.3 is 14.2 Å². The first-order valence-electron chi connectivity index (χ1n) is 34.0. The molecule has 1 atom stereocenters. The van der Waals surface area contributed by atoms with Gasteiger partial charge in [-0.15, -0.1) is 0 Å². The van der Waals surface area contributed by atoms with Crippen molar-refractivity contribution in [3.05, 3.63) is 36.5 Å². The number of hydrogen-bond acceptors (Lipinski definition) is 6. The van der Waals surface area contributed by atoms with E-state index in [1.807, 2.05) is 0 Å². The van der Waals surface area contributed by atoms with E-state index in [-0.39, 0.29) is 31.1 Å². The number of rotatable bonds is 63. The lowest BCUT2D eigenvalue weighted by atomic mass is 10.0. The van der Waals surface area contributed by atoms with Gasteiger partial charge in [0.2, 0.25) is 0 Å². The predicted molar refractivity (Wildman–Crippen MR) is 330 cm³/mol. The Morgan fingerprint density at radius 1 is 0.276 bits per heavy atom. The fourth-order valence-corrected chi connectivity index (χ4v) is 10.3. The molecule has 0 radical (unpaired) electrons. The molecule has 0 N–H and O–H groups in total. The fourth-order valence-electron chi connectivity index (χ4n) is 10.3. The Morgan fingerprint density at radius 2 is 0.513 bits per heavy atom. The lowest BCUT2D eigenvalue weighted by Gasteiger charge is -2.18. The minimum absolute atomic E-state index is 0.0720. The molecule has 0 amide bonds. The van der Waals surface area contributed by atoms with Crippen LogP contribution in [0.15, 0.2) is 36.5 Å². The van der Waals surface area contributed by atoms with Crippen molar-refractivity contribution in [2.75, 3.05) is 13.2 Å². The maximum atomic E-state index is 12.9. The summed E-state index contributed by atoms with van der Waals surface area (Å²) in [5.41, 5.74) is 0. The zero-order chi connectivity index (χ0) is 55.0. The van der Waals surface area contributed by atoms with Crippen LogP contribution in [0.2, 0.25) is 0 Å². The highest BCUT2D eigenvalue weighted by Crippen LogP contribution is 2.19. The molecular formula is C70H130O6. The molecule has 0 aromatic rings. The second kappa shape index (κ2) is 65.2. The van der Waals surface area contributed by atoms with Gasteiger partial charge in [0.1, 0.15) is 13.2 Å². The van der Waals surface area contributed by atoms with Crippen molar-refractivity contribution < 1.29 is 28.6 Å². The highest BCUT2D eigenvalue weighted by Gasteiger charge is 2.19. The molecule has 0 heterocycles. The first kappa shape index (κ1) is 73.6. The van der Waals surface area contributed by atoms with E-state index < -0.39 is 6.10 Å². The van der Waals surface area contributed by atoms with Crippen LogP contribution < -0.4 is 0 Å².